The molecular formula is C15H15BrN2O2. The Morgan fingerprint density at radius 2 is 1.75 bits per heavy atom. The fourth-order valence-corrected chi connectivity index (χ4v) is 2.25. The molecule has 3 N–H and O–H groups in total. The molecule has 0 fully saturated rings. The molecule has 5 heteroatoms. The maximum absolute atomic E-state index is 11.4. The molecule has 4 nitrogen and oxygen atoms in total. The first kappa shape index (κ1) is 14.7. The lowest BCUT2D eigenvalue weighted by atomic mass is 10.1. The predicted molar refractivity (Wildman–Crippen MR) is 80.7 cm³/mol. The zero-order chi connectivity index (χ0) is 14.4. The van der Waals surface area contributed by atoms with Gasteiger partial charge in [0, 0.05) is 10.0 Å². The zero-order valence-electron chi connectivity index (χ0n) is 10.8. The average Bonchev–Trinajstić information content (AvgIpc) is 2.47. The van der Waals surface area contributed by atoms with Crippen molar-refractivity contribution < 1.29 is 9.53 Å². The van der Waals surface area contributed by atoms with Gasteiger partial charge in [-0.2, -0.15) is 0 Å². The van der Waals surface area contributed by atoms with Crippen LogP contribution in [0.15, 0.2) is 53.0 Å². The molecule has 0 unspecified atom stereocenters. The van der Waals surface area contributed by atoms with Crippen LogP contribution in [0.4, 0.5) is 0 Å². The summed E-state index contributed by atoms with van der Waals surface area (Å²) in [6.45, 7) is 0.963. The van der Waals surface area contributed by atoms with E-state index in [2.05, 4.69) is 21.4 Å². The first-order valence-corrected chi connectivity index (χ1v) is 6.90. The first-order valence-electron chi connectivity index (χ1n) is 6.11. The molecule has 0 atom stereocenters. The minimum Gasteiger partial charge on any atom is -0.372 e. The molecule has 0 heterocycles. The van der Waals surface area contributed by atoms with Crippen molar-refractivity contribution in [1.29, 1.82) is 0 Å². The van der Waals surface area contributed by atoms with Crippen molar-refractivity contribution in [3.8, 4) is 0 Å². The third kappa shape index (κ3) is 4.16. The van der Waals surface area contributed by atoms with Gasteiger partial charge in [-0.15, -0.1) is 0 Å². The summed E-state index contributed by atoms with van der Waals surface area (Å²) < 4.78 is 6.67. The second-order valence-electron chi connectivity index (χ2n) is 4.30. The summed E-state index contributed by atoms with van der Waals surface area (Å²) in [5, 5.41) is 0. The number of ether oxygens (including phenoxy) is 1. The molecule has 0 aromatic heterocycles. The number of hydrogen-bond donors (Lipinski definition) is 2. The molecule has 104 valence electrons. The number of carbonyl (C=O) groups is 1. The van der Waals surface area contributed by atoms with Crippen LogP contribution in [0.25, 0.3) is 0 Å². The Morgan fingerprint density at radius 1 is 1.10 bits per heavy atom. The van der Waals surface area contributed by atoms with E-state index in [1.165, 1.54) is 0 Å². The van der Waals surface area contributed by atoms with Gasteiger partial charge in [-0.3, -0.25) is 10.2 Å². The quantitative estimate of drug-likeness (QED) is 0.502. The fraction of sp³-hybridized carbons (Fsp3) is 0.133. The maximum Gasteiger partial charge on any atom is 0.265 e. The van der Waals surface area contributed by atoms with Crippen LogP contribution in [0.3, 0.4) is 0 Å². The van der Waals surface area contributed by atoms with Gasteiger partial charge in [-0.25, -0.2) is 5.84 Å². The topological polar surface area (TPSA) is 64.3 Å². The largest absolute Gasteiger partial charge is 0.372 e. The Kier molecular flexibility index (Phi) is 5.29. The second-order valence-corrected chi connectivity index (χ2v) is 5.21. The molecule has 0 aliphatic carbocycles. The van der Waals surface area contributed by atoms with Gasteiger partial charge in [-0.1, -0.05) is 40.2 Å². The Labute approximate surface area is 126 Å². The number of hydrogen-bond acceptors (Lipinski definition) is 3. The SMILES string of the molecule is NNC(=O)c1cccc(COCc2cccc(Br)c2)c1. The fourth-order valence-electron chi connectivity index (χ4n) is 1.80. The molecule has 0 bridgehead atoms. The van der Waals surface area contributed by atoms with Crippen LogP contribution in [-0.4, -0.2) is 5.91 Å². The third-order valence-electron chi connectivity index (χ3n) is 2.75. The van der Waals surface area contributed by atoms with Gasteiger partial charge in [-0.05, 0) is 35.4 Å². The first-order chi connectivity index (χ1) is 9.69. The van der Waals surface area contributed by atoms with Gasteiger partial charge >= 0.3 is 0 Å². The van der Waals surface area contributed by atoms with E-state index in [9.17, 15) is 4.79 Å². The summed E-state index contributed by atoms with van der Waals surface area (Å²) in [7, 11) is 0. The van der Waals surface area contributed by atoms with Crippen LogP contribution in [0.1, 0.15) is 21.5 Å². The summed E-state index contributed by atoms with van der Waals surface area (Å²) in [4.78, 5) is 11.4. The molecule has 20 heavy (non-hydrogen) atoms. The minimum atomic E-state index is -0.307. The van der Waals surface area contributed by atoms with E-state index in [0.717, 1.165) is 15.6 Å². The summed E-state index contributed by atoms with van der Waals surface area (Å²) in [6.07, 6.45) is 0. The lowest BCUT2D eigenvalue weighted by molar-refractivity contribution is 0.0951. The van der Waals surface area contributed by atoms with Gasteiger partial charge < -0.3 is 4.74 Å². The zero-order valence-corrected chi connectivity index (χ0v) is 12.4. The van der Waals surface area contributed by atoms with E-state index >= 15 is 0 Å². The Bertz CT molecular complexity index is 602. The molecule has 0 aliphatic heterocycles. The van der Waals surface area contributed by atoms with E-state index in [-0.39, 0.29) is 5.91 Å². The Morgan fingerprint density at radius 3 is 2.40 bits per heavy atom. The van der Waals surface area contributed by atoms with Crippen molar-refractivity contribution in [2.75, 3.05) is 0 Å². The molecular weight excluding hydrogens is 320 g/mol. The number of nitrogens with two attached hydrogens (primary N) is 1. The second kappa shape index (κ2) is 7.19. The highest BCUT2D eigenvalue weighted by atomic mass is 79.9. The van der Waals surface area contributed by atoms with E-state index < -0.39 is 0 Å². The number of rotatable bonds is 5. The van der Waals surface area contributed by atoms with Crippen molar-refractivity contribution in [2.24, 2.45) is 5.84 Å². The molecule has 0 radical (unpaired) electrons. The monoisotopic (exact) mass is 334 g/mol. The number of nitrogen functional groups attached to an aromatic ring is 1. The normalized spacial score (nSPS) is 10.3. The van der Waals surface area contributed by atoms with Gasteiger partial charge in [0.05, 0.1) is 13.2 Å². The number of amides is 1. The van der Waals surface area contributed by atoms with E-state index in [1.54, 1.807) is 12.1 Å². The van der Waals surface area contributed by atoms with Crippen molar-refractivity contribution in [1.82, 2.24) is 5.43 Å². The number of carbonyl (C=O) groups excluding carboxylic acids is 1. The minimum absolute atomic E-state index is 0.307. The number of benzene rings is 2. The summed E-state index contributed by atoms with van der Waals surface area (Å²) >= 11 is 3.42. The van der Waals surface area contributed by atoms with Crippen LogP contribution >= 0.6 is 15.9 Å². The summed E-state index contributed by atoms with van der Waals surface area (Å²) in [5.41, 5.74) is 4.66. The molecule has 0 aliphatic rings. The van der Waals surface area contributed by atoms with Gasteiger partial charge in [0.1, 0.15) is 0 Å². The predicted octanol–water partition coefficient (Wildman–Crippen LogP) is 2.77. The highest BCUT2D eigenvalue weighted by Crippen LogP contribution is 2.13. The number of halogens is 1. The molecule has 0 spiro atoms. The van der Waals surface area contributed by atoms with E-state index in [0.29, 0.717) is 18.8 Å². The van der Waals surface area contributed by atoms with Crippen LogP contribution < -0.4 is 11.3 Å². The highest BCUT2D eigenvalue weighted by molar-refractivity contribution is 9.10. The number of hydrazine groups is 1. The van der Waals surface area contributed by atoms with Crippen LogP contribution in [0.5, 0.6) is 0 Å². The maximum atomic E-state index is 11.4. The Hall–Kier alpha value is -1.69. The lowest BCUT2D eigenvalue weighted by Gasteiger charge is -2.06. The van der Waals surface area contributed by atoms with Gasteiger partial charge in [0.25, 0.3) is 5.91 Å². The van der Waals surface area contributed by atoms with Gasteiger partial charge in [0.2, 0.25) is 0 Å². The van der Waals surface area contributed by atoms with E-state index in [4.69, 9.17) is 10.6 Å². The van der Waals surface area contributed by atoms with Crippen molar-refractivity contribution in [3.05, 3.63) is 69.7 Å². The molecule has 0 saturated carbocycles. The van der Waals surface area contributed by atoms with Gasteiger partial charge in [0.15, 0.2) is 0 Å². The molecule has 2 aromatic carbocycles. The average molecular weight is 335 g/mol. The van der Waals surface area contributed by atoms with Crippen molar-refractivity contribution in [2.45, 2.75) is 13.2 Å². The number of nitrogens with one attached hydrogen (secondary N) is 1. The summed E-state index contributed by atoms with van der Waals surface area (Å²) in [5.74, 6) is 4.80. The molecule has 2 aromatic rings. The molecule has 0 saturated heterocycles. The smallest absolute Gasteiger partial charge is 0.265 e. The summed E-state index contributed by atoms with van der Waals surface area (Å²) in [6, 6.07) is 15.1. The lowest BCUT2D eigenvalue weighted by Crippen LogP contribution is -2.29. The third-order valence-corrected chi connectivity index (χ3v) is 3.24. The van der Waals surface area contributed by atoms with Crippen molar-refractivity contribution in [3.63, 3.8) is 0 Å². The van der Waals surface area contributed by atoms with Crippen LogP contribution in [-0.2, 0) is 18.0 Å². The standard InChI is InChI=1S/C15H15BrN2O2/c16-14-6-2-4-12(8-14)10-20-9-11-3-1-5-13(7-11)15(19)18-17/h1-8H,9-10,17H2,(H,18,19). The van der Waals surface area contributed by atoms with Crippen molar-refractivity contribution >= 4 is 21.8 Å². The molecule has 2 rings (SSSR count). The van der Waals surface area contributed by atoms with Crippen LogP contribution in [0.2, 0.25) is 0 Å². The Balaban J connectivity index is 1.92. The highest BCUT2D eigenvalue weighted by Gasteiger charge is 2.04. The van der Waals surface area contributed by atoms with Crippen LogP contribution in [0, 0.1) is 0 Å². The van der Waals surface area contributed by atoms with E-state index in [1.807, 2.05) is 36.4 Å². The molecule has 1 amide bonds.